The van der Waals surface area contributed by atoms with Crippen molar-refractivity contribution in [3.05, 3.63) is 96.1 Å². The second-order valence-corrected chi connectivity index (χ2v) is 9.89. The van der Waals surface area contributed by atoms with E-state index < -0.39 is 17.7 Å². The summed E-state index contributed by atoms with van der Waals surface area (Å²) in [4.78, 5) is 17.6. The van der Waals surface area contributed by atoms with E-state index in [9.17, 15) is 19.6 Å². The molecule has 5 aromatic rings. The molecule has 0 bridgehead atoms. The predicted octanol–water partition coefficient (Wildman–Crippen LogP) is 4.10. The van der Waals surface area contributed by atoms with Crippen LogP contribution < -0.4 is 10.6 Å². The molecule has 1 aromatic carbocycles. The summed E-state index contributed by atoms with van der Waals surface area (Å²) in [5, 5.41) is 33.6. The zero-order valence-corrected chi connectivity index (χ0v) is 21.9. The number of anilines is 2. The lowest BCUT2D eigenvalue weighted by atomic mass is 10.0. The van der Waals surface area contributed by atoms with Gasteiger partial charge in [-0.05, 0) is 43.7 Å². The third-order valence-electron chi connectivity index (χ3n) is 6.35. The Bertz CT molecular complexity index is 1700. The normalized spacial score (nSPS) is 12.2. The predicted molar refractivity (Wildman–Crippen MR) is 148 cm³/mol. The smallest absolute Gasteiger partial charge is 0.255 e. The van der Waals surface area contributed by atoms with Crippen LogP contribution in [0.3, 0.4) is 0 Å². The zero-order valence-electron chi connectivity index (χ0n) is 21.9. The van der Waals surface area contributed by atoms with Crippen LogP contribution in [0.4, 0.5) is 15.8 Å². The number of aliphatic hydroxyl groups is 1. The van der Waals surface area contributed by atoms with Crippen LogP contribution in [0.25, 0.3) is 16.9 Å². The maximum atomic E-state index is 14.3. The van der Waals surface area contributed by atoms with Crippen molar-refractivity contribution in [1.82, 2.24) is 29.7 Å². The monoisotopic (exact) mass is 538 g/mol. The first-order chi connectivity index (χ1) is 19.2. The molecular weight excluding hydrogens is 511 g/mol. The molecule has 1 unspecified atom stereocenters. The van der Waals surface area contributed by atoms with Gasteiger partial charge < -0.3 is 15.7 Å². The topological polar surface area (TPSA) is 133 Å². The highest BCUT2D eigenvalue weighted by atomic mass is 19.1. The lowest BCUT2D eigenvalue weighted by molar-refractivity contribution is -0.00177. The Labute approximate surface area is 229 Å². The number of carbonyl (C=O) groups is 1. The van der Waals surface area contributed by atoms with E-state index in [0.717, 1.165) is 11.1 Å². The largest absolute Gasteiger partial charge is 0.387 e. The number of halogens is 1. The number of nitrogens with one attached hydrogen (secondary N) is 2. The molecule has 0 saturated carbocycles. The number of rotatable bonds is 9. The molecule has 4 heterocycles. The molecule has 0 saturated heterocycles. The number of benzene rings is 1. The number of amides is 1. The van der Waals surface area contributed by atoms with Gasteiger partial charge in [0.2, 0.25) is 0 Å². The summed E-state index contributed by atoms with van der Waals surface area (Å²) in [6.45, 7) is 2.89. The number of pyridine rings is 1. The first-order valence-electron chi connectivity index (χ1n) is 12.6. The molecule has 3 N–H and O–H groups in total. The van der Waals surface area contributed by atoms with Crippen LogP contribution in [0, 0.1) is 11.3 Å². The molecule has 5 rings (SSSR count). The maximum absolute atomic E-state index is 14.3. The summed E-state index contributed by atoms with van der Waals surface area (Å²) >= 11 is 0. The molecule has 0 spiro atoms. The van der Waals surface area contributed by atoms with Crippen molar-refractivity contribution >= 4 is 22.8 Å². The molecule has 4 aromatic heterocycles. The van der Waals surface area contributed by atoms with Gasteiger partial charge in [-0.3, -0.25) is 14.5 Å². The van der Waals surface area contributed by atoms with Gasteiger partial charge in [-0.25, -0.2) is 8.91 Å². The first kappa shape index (κ1) is 26.5. The van der Waals surface area contributed by atoms with E-state index in [1.807, 2.05) is 48.7 Å². The van der Waals surface area contributed by atoms with Gasteiger partial charge in [-0.2, -0.15) is 15.5 Å². The van der Waals surface area contributed by atoms with Crippen LogP contribution in [0.15, 0.2) is 79.4 Å². The number of carbonyl (C=O) groups excluding carboxylic acids is 1. The number of nitrogens with zero attached hydrogens (tertiary/aromatic N) is 6. The third-order valence-corrected chi connectivity index (χ3v) is 6.35. The van der Waals surface area contributed by atoms with E-state index in [4.69, 9.17) is 0 Å². The molecular formula is C29H27FN8O2. The highest BCUT2D eigenvalue weighted by Crippen LogP contribution is 2.28. The molecule has 0 radical (unpaired) electrons. The van der Waals surface area contributed by atoms with Gasteiger partial charge in [0.25, 0.3) is 5.91 Å². The summed E-state index contributed by atoms with van der Waals surface area (Å²) in [5.41, 5.74) is 3.05. The minimum atomic E-state index is -1.66. The SMILES string of the molecule is CC(C)(O)C(F)CNC(=O)c1cnc(-c2ccc3cc(C#N)cnn23)cc1Nc1cnn(Cc2ccccc2)c1. The molecule has 0 fully saturated rings. The molecule has 40 heavy (non-hydrogen) atoms. The quantitative estimate of drug-likeness (QED) is 0.257. The van der Waals surface area contributed by atoms with Crippen molar-refractivity contribution in [2.24, 2.45) is 0 Å². The average molecular weight is 539 g/mol. The van der Waals surface area contributed by atoms with Crippen molar-refractivity contribution in [2.45, 2.75) is 32.2 Å². The lowest BCUT2D eigenvalue weighted by Crippen LogP contribution is -2.42. The molecule has 0 aliphatic heterocycles. The van der Waals surface area contributed by atoms with E-state index in [0.29, 0.717) is 34.9 Å². The number of alkyl halides is 1. The van der Waals surface area contributed by atoms with Crippen molar-refractivity contribution in [2.75, 3.05) is 11.9 Å². The highest BCUT2D eigenvalue weighted by molar-refractivity contribution is 6.00. The van der Waals surface area contributed by atoms with Gasteiger partial charge in [0.1, 0.15) is 12.2 Å². The fourth-order valence-electron chi connectivity index (χ4n) is 4.10. The Balaban J connectivity index is 1.46. The van der Waals surface area contributed by atoms with Crippen LogP contribution in [0.5, 0.6) is 0 Å². The van der Waals surface area contributed by atoms with E-state index in [-0.39, 0.29) is 12.1 Å². The fourth-order valence-corrected chi connectivity index (χ4v) is 4.10. The number of hydrogen-bond donors (Lipinski definition) is 3. The first-order valence-corrected chi connectivity index (χ1v) is 12.6. The summed E-state index contributed by atoms with van der Waals surface area (Å²) in [6.07, 6.45) is 4.68. The van der Waals surface area contributed by atoms with E-state index in [1.165, 1.54) is 26.2 Å². The summed E-state index contributed by atoms with van der Waals surface area (Å²) in [7, 11) is 0. The van der Waals surface area contributed by atoms with Gasteiger partial charge in [-0.1, -0.05) is 30.3 Å². The van der Waals surface area contributed by atoms with Crippen molar-refractivity contribution in [1.29, 1.82) is 5.26 Å². The molecule has 0 aliphatic rings. The van der Waals surface area contributed by atoms with Gasteiger partial charge in [-0.15, -0.1) is 0 Å². The Kier molecular flexibility index (Phi) is 7.27. The van der Waals surface area contributed by atoms with Crippen molar-refractivity contribution < 1.29 is 14.3 Å². The van der Waals surface area contributed by atoms with Crippen LogP contribution in [-0.2, 0) is 6.54 Å². The van der Waals surface area contributed by atoms with Crippen LogP contribution in [-0.4, -0.2) is 53.7 Å². The standard InChI is InChI=1S/C29H27FN8O2/c1-29(2,40)27(30)16-33-28(39)23-15-32-25(26-9-8-22-10-20(12-31)13-35-38(22)26)11-24(23)36-21-14-34-37(18-21)17-19-6-4-3-5-7-19/h3-11,13-15,18,27,40H,16-17H2,1-2H3,(H,32,36)(H,33,39). The summed E-state index contributed by atoms with van der Waals surface area (Å²) < 4.78 is 17.8. The second-order valence-electron chi connectivity index (χ2n) is 9.89. The van der Waals surface area contributed by atoms with Gasteiger partial charge in [0, 0.05) is 12.4 Å². The molecule has 1 amide bonds. The van der Waals surface area contributed by atoms with Gasteiger partial charge in [0.05, 0.1) is 70.5 Å². The molecule has 10 nitrogen and oxygen atoms in total. The maximum Gasteiger partial charge on any atom is 0.255 e. The molecule has 11 heteroatoms. The number of aromatic nitrogens is 5. The number of hydrogen-bond acceptors (Lipinski definition) is 7. The second kappa shape index (κ2) is 11.0. The minimum Gasteiger partial charge on any atom is -0.387 e. The molecule has 1 atom stereocenters. The Hall–Kier alpha value is -5.08. The summed E-state index contributed by atoms with van der Waals surface area (Å²) in [5.74, 6) is -0.554. The van der Waals surface area contributed by atoms with Crippen LogP contribution in [0.2, 0.25) is 0 Å². The van der Waals surface area contributed by atoms with E-state index >= 15 is 0 Å². The van der Waals surface area contributed by atoms with Crippen molar-refractivity contribution in [3.8, 4) is 17.5 Å². The highest BCUT2D eigenvalue weighted by Gasteiger charge is 2.27. The van der Waals surface area contributed by atoms with Crippen LogP contribution >= 0.6 is 0 Å². The van der Waals surface area contributed by atoms with Gasteiger partial charge >= 0.3 is 0 Å². The minimum absolute atomic E-state index is 0.183. The van der Waals surface area contributed by atoms with Gasteiger partial charge in [0.15, 0.2) is 0 Å². The Morgan fingerprint density at radius 2 is 1.93 bits per heavy atom. The zero-order chi connectivity index (χ0) is 28.3. The van der Waals surface area contributed by atoms with E-state index in [1.54, 1.807) is 27.5 Å². The third kappa shape index (κ3) is 5.82. The number of nitriles is 1. The van der Waals surface area contributed by atoms with E-state index in [2.05, 4.69) is 31.9 Å². The fraction of sp³-hybridized carbons (Fsp3) is 0.207. The Morgan fingerprint density at radius 1 is 1.12 bits per heavy atom. The number of fused-ring (bicyclic) bond motifs is 1. The Morgan fingerprint density at radius 3 is 2.67 bits per heavy atom. The lowest BCUT2D eigenvalue weighted by Gasteiger charge is -2.22. The molecule has 0 aliphatic carbocycles. The summed E-state index contributed by atoms with van der Waals surface area (Å²) in [6, 6.07) is 19.0. The molecule has 202 valence electrons. The van der Waals surface area contributed by atoms with Crippen LogP contribution in [0.1, 0.15) is 35.3 Å². The van der Waals surface area contributed by atoms with Crippen molar-refractivity contribution in [3.63, 3.8) is 0 Å². The average Bonchev–Trinajstić information content (AvgIpc) is 3.57.